The van der Waals surface area contributed by atoms with Crippen LogP contribution < -0.4 is 14.8 Å². The summed E-state index contributed by atoms with van der Waals surface area (Å²) in [6, 6.07) is 1.34. The van der Waals surface area contributed by atoms with Crippen molar-refractivity contribution in [1.29, 1.82) is 0 Å². The summed E-state index contributed by atoms with van der Waals surface area (Å²) in [5.41, 5.74) is 5.33. The number of aromatic nitrogens is 2. The van der Waals surface area contributed by atoms with Crippen LogP contribution in [0.15, 0.2) is 17.2 Å². The molecule has 27 heavy (non-hydrogen) atoms. The van der Waals surface area contributed by atoms with Crippen molar-refractivity contribution in [1.82, 2.24) is 14.5 Å². The Balaban J connectivity index is 1.38. The Kier molecular flexibility index (Phi) is 3.48. The fourth-order valence-electron chi connectivity index (χ4n) is 3.76. The van der Waals surface area contributed by atoms with Gasteiger partial charge in [0.15, 0.2) is 11.1 Å². The summed E-state index contributed by atoms with van der Waals surface area (Å²) in [6.45, 7) is -0.331. The van der Waals surface area contributed by atoms with Gasteiger partial charge >= 0.3 is 6.03 Å². The van der Waals surface area contributed by atoms with Crippen LogP contribution in [0.4, 0.5) is 14.9 Å². The number of fused-ring (bicyclic) bond motifs is 3. The topological polar surface area (TPSA) is 102 Å². The highest BCUT2D eigenvalue weighted by molar-refractivity contribution is 7.90. The molecule has 1 atom stereocenters. The maximum atomic E-state index is 13.4. The number of hydrogen-bond acceptors (Lipinski definition) is 5. The Bertz CT molecular complexity index is 1050. The molecule has 0 radical (unpaired) electrons. The lowest BCUT2D eigenvalue weighted by Gasteiger charge is -2.32. The molecular weight excluding hydrogens is 375 g/mol. The lowest BCUT2D eigenvalue weighted by molar-refractivity contribution is 0.122. The second-order valence-electron chi connectivity index (χ2n) is 6.99. The number of carbonyl (C=O) groups excluding carboxylic acids is 1. The number of hydrogen-bond donors (Lipinski definition) is 2. The molecule has 2 aliphatic carbocycles. The van der Waals surface area contributed by atoms with Crippen molar-refractivity contribution in [3.8, 4) is 5.88 Å². The van der Waals surface area contributed by atoms with Gasteiger partial charge in [0.05, 0.1) is 12.7 Å². The molecule has 0 fully saturated rings. The lowest BCUT2D eigenvalue weighted by Crippen LogP contribution is -2.36. The van der Waals surface area contributed by atoms with E-state index in [-0.39, 0.29) is 23.9 Å². The van der Waals surface area contributed by atoms with E-state index in [1.165, 1.54) is 11.1 Å². The molecule has 3 aliphatic rings. The van der Waals surface area contributed by atoms with Crippen LogP contribution in [-0.4, -0.2) is 37.0 Å². The predicted molar refractivity (Wildman–Crippen MR) is 93.2 cm³/mol. The van der Waals surface area contributed by atoms with E-state index in [0.717, 1.165) is 53.4 Å². The first-order chi connectivity index (χ1) is 12.9. The number of nitrogens with one attached hydrogen (secondary N) is 2. The predicted octanol–water partition coefficient (Wildman–Crippen LogP) is 1.32. The molecule has 0 bridgehead atoms. The molecule has 1 aromatic carbocycles. The molecule has 1 aromatic heterocycles. The van der Waals surface area contributed by atoms with Gasteiger partial charge in [0.1, 0.15) is 6.61 Å². The van der Waals surface area contributed by atoms with E-state index >= 15 is 0 Å². The minimum Gasteiger partial charge on any atom is -0.474 e. The second-order valence-corrected chi connectivity index (χ2v) is 8.64. The summed E-state index contributed by atoms with van der Waals surface area (Å²) in [5, 5.41) is 6.55. The van der Waals surface area contributed by atoms with Crippen molar-refractivity contribution in [3.05, 3.63) is 34.5 Å². The highest BCUT2D eigenvalue weighted by Crippen LogP contribution is 2.40. The van der Waals surface area contributed by atoms with Crippen molar-refractivity contribution in [2.24, 2.45) is 0 Å². The first-order valence-electron chi connectivity index (χ1n) is 8.75. The summed E-state index contributed by atoms with van der Waals surface area (Å²) in [5.74, 6) is -0.0582. The largest absolute Gasteiger partial charge is 0.474 e. The normalized spacial score (nSPS) is 19.5. The van der Waals surface area contributed by atoms with Gasteiger partial charge in [-0.2, -0.15) is 5.10 Å². The highest BCUT2D eigenvalue weighted by atomic mass is 32.2. The number of ether oxygens (including phenoxy) is 1. The molecule has 5 rings (SSSR count). The minimum atomic E-state index is -4.20. The fraction of sp³-hybridized carbons (Fsp3) is 0.412. The van der Waals surface area contributed by atoms with Crippen molar-refractivity contribution in [2.45, 2.75) is 43.3 Å². The smallest absolute Gasteiger partial charge is 0.333 e. The summed E-state index contributed by atoms with van der Waals surface area (Å²) in [7, 11) is -4.20. The number of carbonyl (C=O) groups is 1. The van der Waals surface area contributed by atoms with E-state index in [0.29, 0.717) is 0 Å². The molecule has 2 amide bonds. The van der Waals surface area contributed by atoms with Crippen LogP contribution in [0.25, 0.3) is 0 Å². The van der Waals surface area contributed by atoms with Gasteiger partial charge in [-0.25, -0.2) is 27.0 Å². The first kappa shape index (κ1) is 16.5. The van der Waals surface area contributed by atoms with Gasteiger partial charge < -0.3 is 10.1 Å². The molecule has 2 N–H and O–H groups in total. The number of rotatable bonds is 3. The number of urea groups is 1. The summed E-state index contributed by atoms with van der Waals surface area (Å²) < 4.78 is 46.8. The van der Waals surface area contributed by atoms with Crippen LogP contribution in [0.5, 0.6) is 5.88 Å². The lowest BCUT2D eigenvalue weighted by atomic mass is 9.76. The number of alkyl halides is 1. The Hall–Kier alpha value is -2.62. The number of sulfonamides is 1. The van der Waals surface area contributed by atoms with Crippen LogP contribution in [0.3, 0.4) is 0 Å². The van der Waals surface area contributed by atoms with E-state index in [2.05, 4.69) is 16.5 Å². The van der Waals surface area contributed by atoms with Gasteiger partial charge in [0, 0.05) is 5.69 Å². The molecule has 2 aromatic rings. The van der Waals surface area contributed by atoms with Crippen LogP contribution in [0.2, 0.25) is 0 Å². The SMILES string of the molecule is O=C(Nc1c2c(cc3c1CC3)CC2)NS(=O)(=O)c1cnn2c1OCC(F)C2. The van der Waals surface area contributed by atoms with Gasteiger partial charge in [-0.15, -0.1) is 0 Å². The molecule has 2 heterocycles. The molecule has 1 unspecified atom stereocenters. The quantitative estimate of drug-likeness (QED) is 0.820. The van der Waals surface area contributed by atoms with Crippen LogP contribution in [0, 0.1) is 0 Å². The van der Waals surface area contributed by atoms with E-state index in [1.54, 1.807) is 0 Å². The van der Waals surface area contributed by atoms with E-state index in [1.807, 2.05) is 4.72 Å². The summed E-state index contributed by atoms with van der Waals surface area (Å²) in [4.78, 5) is 12.1. The molecule has 8 nitrogen and oxygen atoms in total. The molecule has 142 valence electrons. The van der Waals surface area contributed by atoms with E-state index < -0.39 is 22.2 Å². The number of nitrogens with zero attached hydrogens (tertiary/aromatic N) is 2. The van der Waals surface area contributed by atoms with Crippen molar-refractivity contribution >= 4 is 21.7 Å². The third kappa shape index (κ3) is 2.58. The zero-order chi connectivity index (χ0) is 18.8. The molecule has 0 saturated heterocycles. The van der Waals surface area contributed by atoms with Crippen LogP contribution >= 0.6 is 0 Å². The summed E-state index contributed by atoms with van der Waals surface area (Å²) in [6.07, 6.45) is 3.52. The first-order valence-corrected chi connectivity index (χ1v) is 10.2. The zero-order valence-electron chi connectivity index (χ0n) is 14.3. The fourth-order valence-corrected chi connectivity index (χ4v) is 4.75. The van der Waals surface area contributed by atoms with Crippen molar-refractivity contribution < 1.29 is 22.3 Å². The molecular formula is C17H17FN4O4S. The van der Waals surface area contributed by atoms with Gasteiger partial charge in [0.2, 0.25) is 5.88 Å². The second kappa shape index (κ2) is 5.69. The third-order valence-corrected chi connectivity index (χ3v) is 6.62. The monoisotopic (exact) mass is 392 g/mol. The Morgan fingerprint density at radius 2 is 1.93 bits per heavy atom. The number of halogens is 1. The Labute approximate surface area is 154 Å². The van der Waals surface area contributed by atoms with Gasteiger partial charge in [-0.3, -0.25) is 0 Å². The number of anilines is 1. The molecule has 1 aliphatic heterocycles. The average molecular weight is 392 g/mol. The Morgan fingerprint density at radius 1 is 1.22 bits per heavy atom. The van der Waals surface area contributed by atoms with Crippen LogP contribution in [0.1, 0.15) is 22.3 Å². The van der Waals surface area contributed by atoms with Crippen LogP contribution in [-0.2, 0) is 42.3 Å². The number of amides is 2. The average Bonchev–Trinajstić information content (AvgIpc) is 2.95. The highest BCUT2D eigenvalue weighted by Gasteiger charge is 2.32. The summed E-state index contributed by atoms with van der Waals surface area (Å²) >= 11 is 0. The standard InChI is InChI=1S/C17H17FN4O4S/c18-11-7-22-16(26-8-11)14(6-19-22)27(24,25)21-17(23)20-15-12-3-1-9(12)5-10-2-4-13(10)15/h5-6,11H,1-4,7-8H2,(H2,20,21,23). The maximum absolute atomic E-state index is 13.4. The minimum absolute atomic E-state index is 0.0582. The number of aryl methyl sites for hydroxylation is 2. The van der Waals surface area contributed by atoms with Gasteiger partial charge in [-0.1, -0.05) is 6.07 Å². The maximum Gasteiger partial charge on any atom is 0.333 e. The molecule has 0 spiro atoms. The van der Waals surface area contributed by atoms with Crippen molar-refractivity contribution in [2.75, 3.05) is 11.9 Å². The van der Waals surface area contributed by atoms with Gasteiger partial charge in [-0.05, 0) is 47.9 Å². The number of benzene rings is 1. The van der Waals surface area contributed by atoms with Crippen molar-refractivity contribution in [3.63, 3.8) is 0 Å². The van der Waals surface area contributed by atoms with E-state index in [9.17, 15) is 17.6 Å². The Morgan fingerprint density at radius 3 is 2.56 bits per heavy atom. The third-order valence-electron chi connectivity index (χ3n) is 5.30. The molecule has 0 saturated carbocycles. The zero-order valence-corrected chi connectivity index (χ0v) is 15.1. The van der Waals surface area contributed by atoms with Gasteiger partial charge in [0.25, 0.3) is 10.0 Å². The van der Waals surface area contributed by atoms with E-state index in [4.69, 9.17) is 4.74 Å². The molecule has 10 heteroatoms.